The van der Waals surface area contributed by atoms with Crippen molar-refractivity contribution in [2.75, 3.05) is 38.2 Å². The monoisotopic (exact) mass is 392 g/mol. The van der Waals surface area contributed by atoms with E-state index in [1.807, 2.05) is 12.1 Å². The Morgan fingerprint density at radius 1 is 1.03 bits per heavy atom. The molecular formula is C23H28N4O2. The third-order valence-electron chi connectivity index (χ3n) is 5.45. The molecule has 0 aliphatic carbocycles. The van der Waals surface area contributed by atoms with Crippen LogP contribution in [0.5, 0.6) is 5.75 Å². The second-order valence-corrected chi connectivity index (χ2v) is 7.75. The molecule has 2 heterocycles. The summed E-state index contributed by atoms with van der Waals surface area (Å²) in [5.74, 6) is 2.73. The fourth-order valence-electron chi connectivity index (χ4n) is 3.62. The molecule has 1 aliphatic rings. The maximum atomic E-state index is 5.51. The molecule has 6 heteroatoms. The maximum absolute atomic E-state index is 5.51. The molecule has 0 spiro atoms. The van der Waals surface area contributed by atoms with Gasteiger partial charge in [-0.3, -0.25) is 4.90 Å². The van der Waals surface area contributed by atoms with E-state index in [0.29, 0.717) is 24.2 Å². The summed E-state index contributed by atoms with van der Waals surface area (Å²) in [7, 11) is 1.70. The van der Waals surface area contributed by atoms with E-state index < -0.39 is 0 Å². The van der Waals surface area contributed by atoms with Crippen LogP contribution in [0, 0.1) is 0 Å². The molecule has 1 saturated heterocycles. The number of aromatic nitrogens is 2. The highest BCUT2D eigenvalue weighted by atomic mass is 16.5. The Hall–Kier alpha value is -2.86. The van der Waals surface area contributed by atoms with Gasteiger partial charge < -0.3 is 14.2 Å². The van der Waals surface area contributed by atoms with Gasteiger partial charge in [-0.05, 0) is 23.6 Å². The van der Waals surface area contributed by atoms with Crippen molar-refractivity contribution < 1.29 is 9.26 Å². The number of nitrogens with zero attached hydrogens (tertiary/aromatic N) is 4. The van der Waals surface area contributed by atoms with E-state index in [4.69, 9.17) is 9.26 Å². The Morgan fingerprint density at radius 2 is 1.79 bits per heavy atom. The molecule has 0 unspecified atom stereocenters. The number of piperazine rings is 1. The minimum absolute atomic E-state index is 0.514. The van der Waals surface area contributed by atoms with Crippen LogP contribution in [0.15, 0.2) is 53.1 Å². The SMILES string of the molecule is COc1cccc(N2CCN(Cc3nc(-c4ccc(C(C)C)cc4)no3)CC2)c1. The van der Waals surface area contributed by atoms with E-state index in [1.165, 1.54) is 11.3 Å². The van der Waals surface area contributed by atoms with Gasteiger partial charge >= 0.3 is 0 Å². The van der Waals surface area contributed by atoms with Crippen LogP contribution in [-0.2, 0) is 6.54 Å². The smallest absolute Gasteiger partial charge is 0.241 e. The van der Waals surface area contributed by atoms with E-state index in [9.17, 15) is 0 Å². The van der Waals surface area contributed by atoms with Crippen molar-refractivity contribution in [3.8, 4) is 17.1 Å². The lowest BCUT2D eigenvalue weighted by molar-refractivity contribution is 0.215. The van der Waals surface area contributed by atoms with Crippen LogP contribution in [0.1, 0.15) is 31.2 Å². The largest absolute Gasteiger partial charge is 0.497 e. The summed E-state index contributed by atoms with van der Waals surface area (Å²) >= 11 is 0. The molecule has 1 fully saturated rings. The average Bonchev–Trinajstić information content (AvgIpc) is 3.23. The summed E-state index contributed by atoms with van der Waals surface area (Å²) in [6.45, 7) is 8.90. The molecule has 6 nitrogen and oxygen atoms in total. The van der Waals surface area contributed by atoms with Crippen molar-refractivity contribution in [2.24, 2.45) is 0 Å². The van der Waals surface area contributed by atoms with Crippen LogP contribution in [0.25, 0.3) is 11.4 Å². The lowest BCUT2D eigenvalue weighted by Crippen LogP contribution is -2.46. The van der Waals surface area contributed by atoms with E-state index in [2.05, 4.69) is 70.2 Å². The molecule has 1 aromatic heterocycles. The van der Waals surface area contributed by atoms with Crippen molar-refractivity contribution >= 4 is 5.69 Å². The molecule has 0 atom stereocenters. The minimum Gasteiger partial charge on any atom is -0.497 e. The Labute approximate surface area is 172 Å². The van der Waals surface area contributed by atoms with Crippen molar-refractivity contribution in [1.82, 2.24) is 15.0 Å². The lowest BCUT2D eigenvalue weighted by Gasteiger charge is -2.35. The first-order valence-corrected chi connectivity index (χ1v) is 10.2. The molecule has 0 saturated carbocycles. The first-order valence-electron chi connectivity index (χ1n) is 10.2. The number of hydrogen-bond donors (Lipinski definition) is 0. The van der Waals surface area contributed by atoms with Gasteiger partial charge in [-0.25, -0.2) is 0 Å². The topological polar surface area (TPSA) is 54.6 Å². The Balaban J connectivity index is 1.34. The predicted octanol–water partition coefficient (Wildman–Crippen LogP) is 4.19. The molecule has 0 radical (unpaired) electrons. The molecular weight excluding hydrogens is 364 g/mol. The number of benzene rings is 2. The highest BCUT2D eigenvalue weighted by molar-refractivity contribution is 5.55. The second kappa shape index (κ2) is 8.66. The lowest BCUT2D eigenvalue weighted by atomic mass is 10.0. The van der Waals surface area contributed by atoms with Gasteiger partial charge in [0.2, 0.25) is 11.7 Å². The van der Waals surface area contributed by atoms with Gasteiger partial charge in [-0.15, -0.1) is 0 Å². The zero-order valence-corrected chi connectivity index (χ0v) is 17.3. The molecule has 0 N–H and O–H groups in total. The van der Waals surface area contributed by atoms with Crippen LogP contribution in [0.4, 0.5) is 5.69 Å². The summed E-state index contributed by atoms with van der Waals surface area (Å²) in [6, 6.07) is 16.6. The zero-order valence-electron chi connectivity index (χ0n) is 17.3. The average molecular weight is 393 g/mol. The molecule has 152 valence electrons. The molecule has 4 rings (SSSR count). The summed E-state index contributed by atoms with van der Waals surface area (Å²) < 4.78 is 10.8. The van der Waals surface area contributed by atoms with Crippen LogP contribution in [0.2, 0.25) is 0 Å². The highest BCUT2D eigenvalue weighted by Gasteiger charge is 2.20. The molecule has 3 aromatic rings. The van der Waals surface area contributed by atoms with Gasteiger partial charge in [0, 0.05) is 43.5 Å². The predicted molar refractivity (Wildman–Crippen MR) is 114 cm³/mol. The summed E-state index contributed by atoms with van der Waals surface area (Å²) in [6.07, 6.45) is 0. The Morgan fingerprint density at radius 3 is 2.48 bits per heavy atom. The molecule has 0 amide bonds. The highest BCUT2D eigenvalue weighted by Crippen LogP contribution is 2.23. The third kappa shape index (κ3) is 4.59. The summed E-state index contributed by atoms with van der Waals surface area (Å²) in [5, 5.41) is 4.17. The van der Waals surface area contributed by atoms with Crippen molar-refractivity contribution in [3.63, 3.8) is 0 Å². The first-order chi connectivity index (χ1) is 14.1. The van der Waals surface area contributed by atoms with Gasteiger partial charge in [0.1, 0.15) is 5.75 Å². The fourth-order valence-corrected chi connectivity index (χ4v) is 3.62. The standard InChI is InChI=1S/C23H28N4O2/c1-17(2)18-7-9-19(10-8-18)23-24-22(29-25-23)16-26-11-13-27(14-12-26)20-5-4-6-21(15-20)28-3/h4-10,15,17H,11-14,16H2,1-3H3. The van der Waals surface area contributed by atoms with Crippen molar-refractivity contribution in [2.45, 2.75) is 26.3 Å². The van der Waals surface area contributed by atoms with Gasteiger partial charge in [0.25, 0.3) is 0 Å². The van der Waals surface area contributed by atoms with Crippen LogP contribution in [-0.4, -0.2) is 48.3 Å². The van der Waals surface area contributed by atoms with Crippen LogP contribution < -0.4 is 9.64 Å². The molecule has 1 aliphatic heterocycles. The minimum atomic E-state index is 0.514. The first kappa shape index (κ1) is 19.5. The van der Waals surface area contributed by atoms with Crippen molar-refractivity contribution in [1.29, 1.82) is 0 Å². The normalized spacial score (nSPS) is 15.1. The number of rotatable bonds is 6. The van der Waals surface area contributed by atoms with Crippen LogP contribution in [0.3, 0.4) is 0 Å². The number of hydrogen-bond acceptors (Lipinski definition) is 6. The fraction of sp³-hybridized carbons (Fsp3) is 0.391. The molecule has 2 aromatic carbocycles. The van der Waals surface area contributed by atoms with E-state index in [0.717, 1.165) is 37.5 Å². The van der Waals surface area contributed by atoms with Gasteiger partial charge in [-0.1, -0.05) is 49.3 Å². The number of anilines is 1. The molecule has 0 bridgehead atoms. The quantitative estimate of drug-likeness (QED) is 0.627. The maximum Gasteiger partial charge on any atom is 0.241 e. The summed E-state index contributed by atoms with van der Waals surface area (Å²) in [4.78, 5) is 9.34. The van der Waals surface area contributed by atoms with E-state index in [1.54, 1.807) is 7.11 Å². The van der Waals surface area contributed by atoms with Gasteiger partial charge in [0.05, 0.1) is 13.7 Å². The van der Waals surface area contributed by atoms with Crippen LogP contribution >= 0.6 is 0 Å². The third-order valence-corrected chi connectivity index (χ3v) is 5.45. The van der Waals surface area contributed by atoms with Crippen molar-refractivity contribution in [3.05, 3.63) is 60.0 Å². The zero-order chi connectivity index (χ0) is 20.2. The number of methoxy groups -OCH3 is 1. The van der Waals surface area contributed by atoms with Gasteiger partial charge in [-0.2, -0.15) is 4.98 Å². The van der Waals surface area contributed by atoms with Gasteiger partial charge in [0.15, 0.2) is 0 Å². The number of ether oxygens (including phenoxy) is 1. The Kier molecular flexibility index (Phi) is 5.81. The van der Waals surface area contributed by atoms with E-state index in [-0.39, 0.29) is 0 Å². The molecule has 29 heavy (non-hydrogen) atoms. The summed E-state index contributed by atoms with van der Waals surface area (Å²) in [5.41, 5.74) is 3.51. The van der Waals surface area contributed by atoms with E-state index >= 15 is 0 Å². The second-order valence-electron chi connectivity index (χ2n) is 7.75. The Bertz CT molecular complexity index is 928.